The van der Waals surface area contributed by atoms with Gasteiger partial charge in [-0.25, -0.2) is 9.97 Å². The number of nitrogens with two attached hydrogens (primary N) is 1. The Balaban J connectivity index is 1.97. The molecule has 13 heavy (non-hydrogen) atoms. The molecule has 70 valence electrons. The number of hydrogen-bond donors (Lipinski definition) is 2. The third-order valence-electron chi connectivity index (χ3n) is 2.36. The summed E-state index contributed by atoms with van der Waals surface area (Å²) in [6, 6.07) is 0.559. The smallest absolute Gasteiger partial charge is 0.222 e. The van der Waals surface area contributed by atoms with Gasteiger partial charge in [0.05, 0.1) is 18.1 Å². The van der Waals surface area contributed by atoms with Gasteiger partial charge in [-0.05, 0) is 12.8 Å². The van der Waals surface area contributed by atoms with Gasteiger partial charge in [-0.3, -0.25) is 0 Å². The molecule has 2 rings (SSSR count). The zero-order valence-corrected chi connectivity index (χ0v) is 7.53. The van der Waals surface area contributed by atoms with Crippen molar-refractivity contribution in [1.29, 1.82) is 0 Å². The van der Waals surface area contributed by atoms with Crippen molar-refractivity contribution < 1.29 is 0 Å². The van der Waals surface area contributed by atoms with Gasteiger partial charge >= 0.3 is 0 Å². The van der Waals surface area contributed by atoms with E-state index in [0.717, 1.165) is 0 Å². The highest BCUT2D eigenvalue weighted by Crippen LogP contribution is 2.20. The van der Waals surface area contributed by atoms with Gasteiger partial charge in [-0.15, -0.1) is 0 Å². The van der Waals surface area contributed by atoms with Crippen LogP contribution in [-0.4, -0.2) is 16.0 Å². The standard InChI is InChI=1S/C9H14N4/c10-7-5-11-9(12-6-7)13-8-3-1-2-4-8/h5-6,8H,1-4,10H2,(H,11,12,13). The molecule has 0 bridgehead atoms. The maximum atomic E-state index is 5.48. The average Bonchev–Trinajstić information content (AvgIpc) is 2.62. The molecule has 0 atom stereocenters. The van der Waals surface area contributed by atoms with Crippen LogP contribution in [0.15, 0.2) is 12.4 Å². The van der Waals surface area contributed by atoms with Gasteiger partial charge in [0.25, 0.3) is 0 Å². The molecule has 1 aliphatic rings. The van der Waals surface area contributed by atoms with Gasteiger partial charge < -0.3 is 11.1 Å². The molecule has 1 fully saturated rings. The van der Waals surface area contributed by atoms with E-state index in [1.807, 2.05) is 0 Å². The lowest BCUT2D eigenvalue weighted by molar-refractivity contribution is 0.744. The van der Waals surface area contributed by atoms with Crippen LogP contribution in [0.1, 0.15) is 25.7 Å². The predicted molar refractivity (Wildman–Crippen MR) is 52.3 cm³/mol. The fourth-order valence-corrected chi connectivity index (χ4v) is 1.67. The zero-order valence-electron chi connectivity index (χ0n) is 7.53. The fourth-order valence-electron chi connectivity index (χ4n) is 1.67. The van der Waals surface area contributed by atoms with E-state index in [9.17, 15) is 0 Å². The van der Waals surface area contributed by atoms with Gasteiger partial charge in [0.1, 0.15) is 0 Å². The van der Waals surface area contributed by atoms with Crippen LogP contribution in [0.2, 0.25) is 0 Å². The van der Waals surface area contributed by atoms with Crippen LogP contribution >= 0.6 is 0 Å². The Hall–Kier alpha value is -1.32. The Kier molecular flexibility index (Phi) is 2.29. The van der Waals surface area contributed by atoms with Crippen molar-refractivity contribution in [1.82, 2.24) is 9.97 Å². The van der Waals surface area contributed by atoms with Crippen molar-refractivity contribution in [3.05, 3.63) is 12.4 Å². The predicted octanol–water partition coefficient (Wildman–Crippen LogP) is 1.41. The molecule has 4 nitrogen and oxygen atoms in total. The van der Waals surface area contributed by atoms with Gasteiger partial charge in [0, 0.05) is 6.04 Å². The van der Waals surface area contributed by atoms with Gasteiger partial charge in [0.2, 0.25) is 5.95 Å². The number of aromatic nitrogens is 2. The summed E-state index contributed by atoms with van der Waals surface area (Å²) >= 11 is 0. The number of rotatable bonds is 2. The molecule has 4 heteroatoms. The first-order valence-corrected chi connectivity index (χ1v) is 4.68. The number of nitrogens with one attached hydrogen (secondary N) is 1. The Morgan fingerprint density at radius 1 is 1.23 bits per heavy atom. The van der Waals surface area contributed by atoms with Gasteiger partial charge in [-0.1, -0.05) is 12.8 Å². The largest absolute Gasteiger partial charge is 0.396 e. The van der Waals surface area contributed by atoms with Crippen LogP contribution in [0.3, 0.4) is 0 Å². The van der Waals surface area contributed by atoms with Gasteiger partial charge in [-0.2, -0.15) is 0 Å². The molecule has 1 aromatic heterocycles. The molecular formula is C9H14N4. The summed E-state index contributed by atoms with van der Waals surface area (Å²) in [6.45, 7) is 0. The summed E-state index contributed by atoms with van der Waals surface area (Å²) in [5, 5.41) is 3.29. The van der Waals surface area contributed by atoms with Crippen molar-refractivity contribution in [3.8, 4) is 0 Å². The third-order valence-corrected chi connectivity index (χ3v) is 2.36. The van der Waals surface area contributed by atoms with Crippen LogP contribution in [0.4, 0.5) is 11.6 Å². The molecule has 0 saturated heterocycles. The van der Waals surface area contributed by atoms with E-state index in [1.54, 1.807) is 12.4 Å². The maximum Gasteiger partial charge on any atom is 0.222 e. The molecule has 0 unspecified atom stereocenters. The lowest BCUT2D eigenvalue weighted by Gasteiger charge is -2.10. The molecule has 0 aliphatic heterocycles. The number of nitrogens with zero attached hydrogens (tertiary/aromatic N) is 2. The Labute approximate surface area is 77.6 Å². The van der Waals surface area contributed by atoms with Crippen LogP contribution in [0, 0.1) is 0 Å². The summed E-state index contributed by atoms with van der Waals surface area (Å²) in [5.41, 5.74) is 6.09. The van der Waals surface area contributed by atoms with E-state index in [-0.39, 0.29) is 0 Å². The first-order chi connectivity index (χ1) is 6.34. The topological polar surface area (TPSA) is 63.8 Å². The first kappa shape index (κ1) is 8.29. The Bertz CT molecular complexity index is 263. The Morgan fingerprint density at radius 3 is 2.46 bits per heavy atom. The summed E-state index contributed by atoms with van der Waals surface area (Å²) < 4.78 is 0. The minimum atomic E-state index is 0.559. The van der Waals surface area contributed by atoms with E-state index in [4.69, 9.17) is 5.73 Å². The Morgan fingerprint density at radius 2 is 1.85 bits per heavy atom. The second kappa shape index (κ2) is 3.60. The highest BCUT2D eigenvalue weighted by atomic mass is 15.1. The second-order valence-corrected chi connectivity index (χ2v) is 3.47. The van der Waals surface area contributed by atoms with E-state index >= 15 is 0 Å². The highest BCUT2D eigenvalue weighted by molar-refractivity contribution is 5.36. The van der Waals surface area contributed by atoms with Crippen LogP contribution in [0.25, 0.3) is 0 Å². The molecule has 0 spiro atoms. The molecule has 1 aliphatic carbocycles. The van der Waals surface area contributed by atoms with E-state index in [1.165, 1.54) is 25.7 Å². The third kappa shape index (κ3) is 2.08. The quantitative estimate of drug-likeness (QED) is 0.718. The first-order valence-electron chi connectivity index (χ1n) is 4.68. The van der Waals surface area contributed by atoms with Crippen molar-refractivity contribution in [2.45, 2.75) is 31.7 Å². The minimum absolute atomic E-state index is 0.559. The molecule has 1 aromatic rings. The lowest BCUT2D eigenvalue weighted by Crippen LogP contribution is -2.16. The average molecular weight is 178 g/mol. The van der Waals surface area contributed by atoms with Crippen molar-refractivity contribution in [2.24, 2.45) is 0 Å². The van der Waals surface area contributed by atoms with Crippen LogP contribution in [0.5, 0.6) is 0 Å². The summed E-state index contributed by atoms with van der Waals surface area (Å²) in [4.78, 5) is 8.19. The highest BCUT2D eigenvalue weighted by Gasteiger charge is 2.14. The summed E-state index contributed by atoms with van der Waals surface area (Å²) in [7, 11) is 0. The van der Waals surface area contributed by atoms with Crippen LogP contribution in [-0.2, 0) is 0 Å². The number of nitrogen functional groups attached to an aromatic ring is 1. The monoisotopic (exact) mass is 178 g/mol. The maximum absolute atomic E-state index is 5.48. The van der Waals surface area contributed by atoms with Crippen molar-refractivity contribution in [3.63, 3.8) is 0 Å². The minimum Gasteiger partial charge on any atom is -0.396 e. The second-order valence-electron chi connectivity index (χ2n) is 3.47. The van der Waals surface area contributed by atoms with E-state index in [2.05, 4.69) is 15.3 Å². The fraction of sp³-hybridized carbons (Fsp3) is 0.556. The number of anilines is 2. The zero-order chi connectivity index (χ0) is 9.10. The number of hydrogen-bond acceptors (Lipinski definition) is 4. The van der Waals surface area contributed by atoms with Crippen LogP contribution < -0.4 is 11.1 Å². The van der Waals surface area contributed by atoms with E-state index in [0.29, 0.717) is 17.7 Å². The molecule has 1 saturated carbocycles. The molecular weight excluding hydrogens is 164 g/mol. The summed E-state index contributed by atoms with van der Waals surface area (Å²) in [5.74, 6) is 0.695. The molecule has 0 aromatic carbocycles. The van der Waals surface area contributed by atoms with Crippen molar-refractivity contribution >= 4 is 11.6 Å². The normalized spacial score (nSPS) is 17.5. The molecule has 3 N–H and O–H groups in total. The van der Waals surface area contributed by atoms with Crippen molar-refractivity contribution in [2.75, 3.05) is 11.1 Å². The molecule has 0 amide bonds. The van der Waals surface area contributed by atoms with Gasteiger partial charge in [0.15, 0.2) is 0 Å². The summed E-state index contributed by atoms with van der Waals surface area (Å²) in [6.07, 6.45) is 8.34. The SMILES string of the molecule is Nc1cnc(NC2CCCC2)nc1. The molecule has 0 radical (unpaired) electrons. The molecule has 1 heterocycles. The van der Waals surface area contributed by atoms with E-state index < -0.39 is 0 Å². The lowest BCUT2D eigenvalue weighted by atomic mass is 10.2.